The van der Waals surface area contributed by atoms with Gasteiger partial charge in [-0.3, -0.25) is 9.59 Å². The van der Waals surface area contributed by atoms with Crippen LogP contribution in [0.2, 0.25) is 10.0 Å². The van der Waals surface area contributed by atoms with Crippen LogP contribution in [0.15, 0.2) is 36.4 Å². The smallest absolute Gasteiger partial charge is 0.256 e. The standard InChI is InChI=1S/C20H21Cl2N3O2/c1-24(2)18-6-5-16(12-17(18)20(27)25-7-3-4-8-25)23-19(26)13-9-14(21)11-15(22)10-13/h5-6,9-12H,3-4,7-8H2,1-2H3,(H,23,26). The SMILES string of the molecule is CN(C)c1ccc(NC(=O)c2cc(Cl)cc(Cl)c2)cc1C(=O)N1CCCC1. The summed E-state index contributed by atoms with van der Waals surface area (Å²) in [7, 11) is 3.78. The molecule has 0 bridgehead atoms. The topological polar surface area (TPSA) is 52.7 Å². The van der Waals surface area contributed by atoms with Crippen LogP contribution in [0.1, 0.15) is 33.6 Å². The van der Waals surface area contributed by atoms with Gasteiger partial charge in [0.05, 0.1) is 5.56 Å². The molecule has 1 aliphatic heterocycles. The number of carbonyl (C=O) groups excluding carboxylic acids is 2. The van der Waals surface area contributed by atoms with Crippen molar-refractivity contribution >= 4 is 46.4 Å². The highest BCUT2D eigenvalue weighted by atomic mass is 35.5. The lowest BCUT2D eigenvalue weighted by molar-refractivity contribution is 0.0793. The number of hydrogen-bond acceptors (Lipinski definition) is 3. The average Bonchev–Trinajstić information content (AvgIpc) is 3.14. The molecular weight excluding hydrogens is 385 g/mol. The van der Waals surface area contributed by atoms with Crippen molar-refractivity contribution in [1.82, 2.24) is 4.90 Å². The van der Waals surface area contributed by atoms with E-state index in [0.29, 0.717) is 26.9 Å². The highest BCUT2D eigenvalue weighted by Crippen LogP contribution is 2.27. The van der Waals surface area contributed by atoms with Crippen LogP contribution < -0.4 is 10.2 Å². The lowest BCUT2D eigenvalue weighted by Gasteiger charge is -2.22. The second-order valence-corrected chi connectivity index (χ2v) is 7.61. The van der Waals surface area contributed by atoms with E-state index in [4.69, 9.17) is 23.2 Å². The Hall–Kier alpha value is -2.24. The second-order valence-electron chi connectivity index (χ2n) is 6.74. The van der Waals surface area contributed by atoms with E-state index in [9.17, 15) is 9.59 Å². The molecule has 0 saturated carbocycles. The first-order valence-electron chi connectivity index (χ1n) is 8.73. The third-order valence-electron chi connectivity index (χ3n) is 4.48. The van der Waals surface area contributed by atoms with Crippen molar-refractivity contribution in [2.75, 3.05) is 37.4 Å². The molecule has 0 aromatic heterocycles. The molecule has 0 atom stereocenters. The number of carbonyl (C=O) groups is 2. The normalized spacial score (nSPS) is 13.6. The van der Waals surface area contributed by atoms with Gasteiger partial charge in [-0.1, -0.05) is 23.2 Å². The van der Waals surface area contributed by atoms with Crippen molar-refractivity contribution in [1.29, 1.82) is 0 Å². The van der Waals surface area contributed by atoms with E-state index < -0.39 is 0 Å². The van der Waals surface area contributed by atoms with Gasteiger partial charge in [-0.2, -0.15) is 0 Å². The molecule has 2 amide bonds. The molecule has 0 aliphatic carbocycles. The van der Waals surface area contributed by atoms with Gasteiger partial charge >= 0.3 is 0 Å². The number of nitrogens with zero attached hydrogens (tertiary/aromatic N) is 2. The second kappa shape index (κ2) is 8.19. The van der Waals surface area contributed by atoms with Gasteiger partial charge in [0.15, 0.2) is 0 Å². The molecule has 142 valence electrons. The van der Waals surface area contributed by atoms with Gasteiger partial charge in [0.25, 0.3) is 11.8 Å². The van der Waals surface area contributed by atoms with Crippen molar-refractivity contribution in [3.63, 3.8) is 0 Å². The van der Waals surface area contributed by atoms with Gasteiger partial charge in [-0.05, 0) is 49.2 Å². The Kier molecular flexibility index (Phi) is 5.92. The molecule has 1 heterocycles. The van der Waals surface area contributed by atoms with Crippen molar-refractivity contribution < 1.29 is 9.59 Å². The number of amides is 2. The van der Waals surface area contributed by atoms with Crippen LogP contribution in [0.3, 0.4) is 0 Å². The lowest BCUT2D eigenvalue weighted by atomic mass is 10.1. The van der Waals surface area contributed by atoms with E-state index in [2.05, 4.69) is 5.32 Å². The highest BCUT2D eigenvalue weighted by molar-refractivity contribution is 6.35. The highest BCUT2D eigenvalue weighted by Gasteiger charge is 2.23. The summed E-state index contributed by atoms with van der Waals surface area (Å²) in [6, 6.07) is 10.0. The first-order valence-corrected chi connectivity index (χ1v) is 9.49. The Morgan fingerprint density at radius 1 is 1.00 bits per heavy atom. The summed E-state index contributed by atoms with van der Waals surface area (Å²) in [5.74, 6) is -0.352. The first-order chi connectivity index (χ1) is 12.8. The third kappa shape index (κ3) is 4.54. The minimum atomic E-state index is -0.337. The summed E-state index contributed by atoms with van der Waals surface area (Å²) >= 11 is 11.9. The molecule has 0 spiro atoms. The molecule has 5 nitrogen and oxygen atoms in total. The van der Waals surface area contributed by atoms with Crippen molar-refractivity contribution in [2.24, 2.45) is 0 Å². The van der Waals surface area contributed by atoms with Crippen LogP contribution >= 0.6 is 23.2 Å². The molecule has 3 rings (SSSR count). The van der Waals surface area contributed by atoms with Gasteiger partial charge in [0.2, 0.25) is 0 Å². The summed E-state index contributed by atoms with van der Waals surface area (Å²) < 4.78 is 0. The zero-order valence-electron chi connectivity index (χ0n) is 15.3. The Morgan fingerprint density at radius 3 is 2.22 bits per heavy atom. The Morgan fingerprint density at radius 2 is 1.63 bits per heavy atom. The molecule has 2 aromatic carbocycles. The number of benzene rings is 2. The number of anilines is 2. The number of likely N-dealkylation sites (tertiary alicyclic amines) is 1. The Bertz CT molecular complexity index is 857. The monoisotopic (exact) mass is 405 g/mol. The fraction of sp³-hybridized carbons (Fsp3) is 0.300. The zero-order valence-corrected chi connectivity index (χ0v) is 16.8. The predicted octanol–water partition coefficient (Wildman–Crippen LogP) is 4.55. The molecular formula is C20H21Cl2N3O2. The van der Waals surface area contributed by atoms with E-state index in [1.54, 1.807) is 30.3 Å². The number of rotatable bonds is 4. The predicted molar refractivity (Wildman–Crippen MR) is 110 cm³/mol. The Balaban J connectivity index is 1.88. The zero-order chi connectivity index (χ0) is 19.6. The molecule has 7 heteroatoms. The van der Waals surface area contributed by atoms with Crippen molar-refractivity contribution in [2.45, 2.75) is 12.8 Å². The van der Waals surface area contributed by atoms with Crippen LogP contribution in [0, 0.1) is 0 Å². The van der Waals surface area contributed by atoms with E-state index in [-0.39, 0.29) is 11.8 Å². The first kappa shape index (κ1) is 19.5. The minimum absolute atomic E-state index is 0.0156. The molecule has 0 unspecified atom stereocenters. The summed E-state index contributed by atoms with van der Waals surface area (Å²) in [6.07, 6.45) is 2.05. The van der Waals surface area contributed by atoms with Crippen LogP contribution in [0.5, 0.6) is 0 Å². The summed E-state index contributed by atoms with van der Waals surface area (Å²) in [4.78, 5) is 29.2. The van der Waals surface area contributed by atoms with Gasteiger partial charge in [-0.15, -0.1) is 0 Å². The molecule has 1 aliphatic rings. The summed E-state index contributed by atoms with van der Waals surface area (Å²) in [5, 5.41) is 3.60. The van der Waals surface area contributed by atoms with Gasteiger partial charge in [0.1, 0.15) is 0 Å². The van der Waals surface area contributed by atoms with E-state index in [1.165, 1.54) is 0 Å². The summed E-state index contributed by atoms with van der Waals surface area (Å²) in [6.45, 7) is 1.53. The van der Waals surface area contributed by atoms with Crippen LogP contribution in [0.4, 0.5) is 11.4 Å². The number of hydrogen-bond donors (Lipinski definition) is 1. The van der Waals surface area contributed by atoms with Gasteiger partial charge in [0, 0.05) is 54.2 Å². The molecule has 1 saturated heterocycles. The molecule has 2 aromatic rings. The molecule has 1 N–H and O–H groups in total. The van der Waals surface area contributed by atoms with Crippen LogP contribution in [-0.4, -0.2) is 43.9 Å². The quantitative estimate of drug-likeness (QED) is 0.811. The molecule has 27 heavy (non-hydrogen) atoms. The fourth-order valence-corrected chi connectivity index (χ4v) is 3.68. The number of nitrogens with one attached hydrogen (secondary N) is 1. The van der Waals surface area contributed by atoms with Crippen LogP contribution in [-0.2, 0) is 0 Å². The maximum atomic E-state index is 12.9. The minimum Gasteiger partial charge on any atom is -0.377 e. The number of halogens is 2. The van der Waals surface area contributed by atoms with E-state index in [1.807, 2.05) is 30.0 Å². The third-order valence-corrected chi connectivity index (χ3v) is 4.92. The summed E-state index contributed by atoms with van der Waals surface area (Å²) in [5.41, 5.74) is 2.29. The molecule has 0 radical (unpaired) electrons. The van der Waals surface area contributed by atoms with Crippen molar-refractivity contribution in [3.8, 4) is 0 Å². The van der Waals surface area contributed by atoms with Crippen LogP contribution in [0.25, 0.3) is 0 Å². The molecule has 1 fully saturated rings. The van der Waals surface area contributed by atoms with E-state index >= 15 is 0 Å². The van der Waals surface area contributed by atoms with Crippen molar-refractivity contribution in [3.05, 3.63) is 57.6 Å². The maximum Gasteiger partial charge on any atom is 0.256 e. The lowest BCUT2D eigenvalue weighted by Crippen LogP contribution is -2.29. The van der Waals surface area contributed by atoms with Gasteiger partial charge < -0.3 is 15.1 Å². The Labute approximate surface area is 168 Å². The van der Waals surface area contributed by atoms with Gasteiger partial charge in [-0.25, -0.2) is 0 Å². The average molecular weight is 406 g/mol. The van der Waals surface area contributed by atoms with E-state index in [0.717, 1.165) is 31.6 Å². The largest absolute Gasteiger partial charge is 0.377 e. The fourth-order valence-electron chi connectivity index (χ4n) is 3.15. The maximum absolute atomic E-state index is 12.9.